The van der Waals surface area contributed by atoms with Crippen molar-refractivity contribution < 1.29 is 0 Å². The van der Waals surface area contributed by atoms with E-state index >= 15 is 0 Å². The smallest absolute Gasteiger partial charge is 0.0547 e. The molecule has 6 rings (SSSR count). The number of anilines is 2. The number of aromatic nitrogens is 1. The van der Waals surface area contributed by atoms with Gasteiger partial charge in [-0.05, 0) is 66.6 Å². The Morgan fingerprint density at radius 2 is 1.57 bits per heavy atom. The third-order valence-corrected chi connectivity index (χ3v) is 6.45. The van der Waals surface area contributed by atoms with E-state index in [2.05, 4.69) is 58.9 Å². The van der Waals surface area contributed by atoms with Gasteiger partial charge in [0, 0.05) is 45.0 Å². The van der Waals surface area contributed by atoms with Crippen LogP contribution in [0.5, 0.6) is 0 Å². The minimum absolute atomic E-state index is 0.934. The van der Waals surface area contributed by atoms with Gasteiger partial charge in [0.15, 0.2) is 0 Å². The molecule has 2 aliphatic rings. The number of para-hydroxylation sites is 1. The molecular weight excluding hydrogens is 366 g/mol. The molecule has 0 saturated heterocycles. The minimum atomic E-state index is 0.934. The second-order valence-electron chi connectivity index (χ2n) is 8.13. The number of hydrogen-bond donors (Lipinski definition) is 3. The summed E-state index contributed by atoms with van der Waals surface area (Å²) in [5.74, 6) is 0. The molecular formula is C27H23N3. The highest BCUT2D eigenvalue weighted by molar-refractivity contribution is 6.21. The molecule has 0 spiro atoms. The predicted molar refractivity (Wildman–Crippen MR) is 128 cm³/mol. The number of allylic oxidation sites excluding steroid dienone is 2. The normalized spacial score (nSPS) is 14.7. The molecule has 4 aromatic rings. The van der Waals surface area contributed by atoms with Crippen molar-refractivity contribution in [3.05, 3.63) is 82.4 Å². The molecule has 0 aliphatic heterocycles. The Morgan fingerprint density at radius 1 is 0.833 bits per heavy atom. The summed E-state index contributed by atoms with van der Waals surface area (Å²) in [5, 5.41) is 14.2. The van der Waals surface area contributed by atoms with Crippen molar-refractivity contribution in [3.63, 3.8) is 0 Å². The molecule has 0 radical (unpaired) electrons. The van der Waals surface area contributed by atoms with Gasteiger partial charge in [0.05, 0.1) is 5.52 Å². The van der Waals surface area contributed by atoms with Crippen LogP contribution in [0.1, 0.15) is 40.7 Å². The van der Waals surface area contributed by atoms with Crippen LogP contribution in [0, 0.1) is 5.41 Å². The van der Waals surface area contributed by atoms with Crippen LogP contribution in [0.2, 0.25) is 0 Å². The van der Waals surface area contributed by atoms with Crippen LogP contribution < -0.4 is 5.32 Å². The number of hydrogen-bond acceptors (Lipinski definition) is 2. The van der Waals surface area contributed by atoms with E-state index in [4.69, 9.17) is 5.41 Å². The third-order valence-electron chi connectivity index (χ3n) is 6.45. The molecule has 0 fully saturated rings. The van der Waals surface area contributed by atoms with Gasteiger partial charge < -0.3 is 15.7 Å². The van der Waals surface area contributed by atoms with Gasteiger partial charge in [0.25, 0.3) is 0 Å². The van der Waals surface area contributed by atoms with Crippen LogP contribution in [0.15, 0.2) is 54.6 Å². The highest BCUT2D eigenvalue weighted by Gasteiger charge is 2.24. The van der Waals surface area contributed by atoms with Crippen molar-refractivity contribution in [1.29, 1.82) is 5.41 Å². The van der Waals surface area contributed by atoms with E-state index in [-0.39, 0.29) is 0 Å². The maximum atomic E-state index is 8.26. The van der Waals surface area contributed by atoms with Crippen molar-refractivity contribution in [3.8, 4) is 0 Å². The summed E-state index contributed by atoms with van der Waals surface area (Å²) in [4.78, 5) is 3.71. The van der Waals surface area contributed by atoms with E-state index in [0.717, 1.165) is 53.5 Å². The Morgan fingerprint density at radius 3 is 2.33 bits per heavy atom. The maximum absolute atomic E-state index is 8.26. The first kappa shape index (κ1) is 17.3. The van der Waals surface area contributed by atoms with Gasteiger partial charge in [-0.25, -0.2) is 0 Å². The minimum Gasteiger partial charge on any atom is -0.355 e. The molecule has 3 N–H and O–H groups in total. The first-order valence-corrected chi connectivity index (χ1v) is 10.7. The summed E-state index contributed by atoms with van der Waals surface area (Å²) in [7, 11) is 0. The van der Waals surface area contributed by atoms with Crippen molar-refractivity contribution in [1.82, 2.24) is 4.98 Å². The fourth-order valence-electron chi connectivity index (χ4n) is 5.15. The van der Waals surface area contributed by atoms with E-state index in [0.29, 0.717) is 0 Å². The van der Waals surface area contributed by atoms with Gasteiger partial charge in [0.1, 0.15) is 0 Å². The second kappa shape index (κ2) is 6.74. The number of benzene rings is 3. The van der Waals surface area contributed by atoms with Gasteiger partial charge in [0.2, 0.25) is 0 Å². The molecule has 1 heterocycles. The Hall–Kier alpha value is -3.59. The van der Waals surface area contributed by atoms with Crippen molar-refractivity contribution in [2.24, 2.45) is 0 Å². The summed E-state index contributed by atoms with van der Waals surface area (Å²) in [5.41, 5.74) is 10.9. The largest absolute Gasteiger partial charge is 0.355 e. The van der Waals surface area contributed by atoms with Crippen LogP contribution in [0.4, 0.5) is 11.4 Å². The van der Waals surface area contributed by atoms with Gasteiger partial charge in [-0.3, -0.25) is 0 Å². The van der Waals surface area contributed by atoms with E-state index < -0.39 is 0 Å². The summed E-state index contributed by atoms with van der Waals surface area (Å²) < 4.78 is 0. The average Bonchev–Trinajstić information content (AvgIpc) is 3.20. The number of rotatable bonds is 3. The van der Waals surface area contributed by atoms with Gasteiger partial charge in [-0.2, -0.15) is 0 Å². The Balaban J connectivity index is 1.70. The number of nitrogens with one attached hydrogen (secondary N) is 3. The highest BCUT2D eigenvalue weighted by atomic mass is 14.9. The molecule has 1 aromatic heterocycles. The molecule has 30 heavy (non-hydrogen) atoms. The summed E-state index contributed by atoms with van der Waals surface area (Å²) in [6.45, 7) is 0. The van der Waals surface area contributed by atoms with E-state index in [9.17, 15) is 0 Å². The SMILES string of the molecule is N=Cc1c(Nc2ccccc2)ccc2[nH]c3c4c(c5c(c3c12)C=CCC5)CCC=C4. The van der Waals surface area contributed by atoms with Gasteiger partial charge in [-0.1, -0.05) is 42.5 Å². The Kier molecular flexibility index (Phi) is 3.88. The zero-order valence-corrected chi connectivity index (χ0v) is 16.8. The van der Waals surface area contributed by atoms with Crippen molar-refractivity contribution in [2.75, 3.05) is 5.32 Å². The molecule has 146 valence electrons. The molecule has 0 saturated carbocycles. The van der Waals surface area contributed by atoms with Crippen LogP contribution in [0.3, 0.4) is 0 Å². The quantitative estimate of drug-likeness (QED) is 0.325. The Bertz CT molecular complexity index is 1370. The maximum Gasteiger partial charge on any atom is 0.0547 e. The molecule has 0 bridgehead atoms. The lowest BCUT2D eigenvalue weighted by Crippen LogP contribution is -2.06. The molecule has 2 aliphatic carbocycles. The average molecular weight is 390 g/mol. The van der Waals surface area contributed by atoms with Crippen molar-refractivity contribution >= 4 is 51.5 Å². The molecule has 0 unspecified atom stereocenters. The van der Waals surface area contributed by atoms with Gasteiger partial charge >= 0.3 is 0 Å². The fraction of sp³-hybridized carbons (Fsp3) is 0.148. The fourth-order valence-corrected chi connectivity index (χ4v) is 5.15. The molecule has 0 atom stereocenters. The Labute approximate surface area is 175 Å². The summed E-state index contributed by atoms with van der Waals surface area (Å²) in [6, 6.07) is 14.4. The zero-order valence-electron chi connectivity index (χ0n) is 16.8. The highest BCUT2D eigenvalue weighted by Crippen LogP contribution is 2.43. The lowest BCUT2D eigenvalue weighted by atomic mass is 9.82. The monoisotopic (exact) mass is 389 g/mol. The van der Waals surface area contributed by atoms with Crippen molar-refractivity contribution in [2.45, 2.75) is 25.7 Å². The second-order valence-corrected chi connectivity index (χ2v) is 8.13. The number of aromatic amines is 1. The summed E-state index contributed by atoms with van der Waals surface area (Å²) >= 11 is 0. The molecule has 0 amide bonds. The van der Waals surface area contributed by atoms with Crippen LogP contribution in [0.25, 0.3) is 34.0 Å². The topological polar surface area (TPSA) is 51.7 Å². The summed E-state index contributed by atoms with van der Waals surface area (Å²) in [6.07, 6.45) is 15.1. The zero-order chi connectivity index (χ0) is 20.1. The molecule has 3 aromatic carbocycles. The third kappa shape index (κ3) is 2.48. The number of H-pyrrole nitrogens is 1. The first-order chi connectivity index (χ1) is 14.8. The lowest BCUT2D eigenvalue weighted by molar-refractivity contribution is 0.911. The molecule has 3 nitrogen and oxygen atoms in total. The first-order valence-electron chi connectivity index (χ1n) is 10.7. The van der Waals surface area contributed by atoms with Crippen LogP contribution in [-0.2, 0) is 12.8 Å². The lowest BCUT2D eigenvalue weighted by Gasteiger charge is -2.22. The van der Waals surface area contributed by atoms with Gasteiger partial charge in [-0.15, -0.1) is 0 Å². The van der Waals surface area contributed by atoms with E-state index in [1.807, 2.05) is 18.2 Å². The predicted octanol–water partition coefficient (Wildman–Crippen LogP) is 6.98. The van der Waals surface area contributed by atoms with Crippen LogP contribution in [-0.4, -0.2) is 11.2 Å². The number of fused-ring (bicyclic) bond motifs is 8. The molecule has 3 heteroatoms. The standard InChI is InChI=1S/C27H23N3/c28-16-22-23(29-17-8-2-1-3-9-17)14-15-24-25(22)26-20-12-6-4-10-18(20)19-11-5-7-13-21(19)27(26)30-24/h1-3,6-9,12-16,28-30H,4-5,10-11H2. The van der Waals surface area contributed by atoms with E-state index in [1.165, 1.54) is 39.4 Å². The van der Waals surface area contributed by atoms with Crippen LogP contribution >= 0.6 is 0 Å². The van der Waals surface area contributed by atoms with E-state index in [1.54, 1.807) is 0 Å².